The van der Waals surface area contributed by atoms with Crippen molar-refractivity contribution < 1.29 is 0 Å². The van der Waals surface area contributed by atoms with Gasteiger partial charge in [0.1, 0.15) is 5.69 Å². The van der Waals surface area contributed by atoms with E-state index in [4.69, 9.17) is 11.6 Å². The maximum Gasteiger partial charge on any atom is 0.120 e. The number of benzene rings is 2. The molecule has 0 unspecified atom stereocenters. The van der Waals surface area contributed by atoms with Crippen LogP contribution in [-0.4, -0.2) is 15.2 Å². The van der Waals surface area contributed by atoms with E-state index in [-0.39, 0.29) is 0 Å². The maximum atomic E-state index is 6.21. The van der Waals surface area contributed by atoms with Gasteiger partial charge in [-0.2, -0.15) is 0 Å². The topological polar surface area (TPSA) is 38.7 Å². The Morgan fingerprint density at radius 1 is 0.783 bits per heavy atom. The highest BCUT2D eigenvalue weighted by Crippen LogP contribution is 2.35. The van der Waals surface area contributed by atoms with Gasteiger partial charge >= 0.3 is 0 Å². The summed E-state index contributed by atoms with van der Waals surface area (Å²) in [4.78, 5) is 4.43. The Morgan fingerprint density at radius 2 is 1.61 bits per heavy atom. The molecular weight excluding hydrogens is 306 g/mol. The molecule has 110 valence electrons. The lowest BCUT2D eigenvalue weighted by atomic mass is 9.98. The molecule has 0 aliphatic carbocycles. The van der Waals surface area contributed by atoms with E-state index in [1.165, 1.54) is 0 Å². The summed E-state index contributed by atoms with van der Waals surface area (Å²) in [6.45, 7) is 0. The molecule has 0 aliphatic rings. The number of rotatable bonds is 2. The Labute approximate surface area is 138 Å². The third-order valence-corrected chi connectivity index (χ3v) is 3.93. The van der Waals surface area contributed by atoms with Gasteiger partial charge in [-0.15, -0.1) is 10.2 Å². The van der Waals surface area contributed by atoms with E-state index < -0.39 is 0 Å². The van der Waals surface area contributed by atoms with Crippen LogP contribution >= 0.6 is 11.6 Å². The maximum absolute atomic E-state index is 6.21. The van der Waals surface area contributed by atoms with Gasteiger partial charge in [-0.05, 0) is 35.9 Å². The van der Waals surface area contributed by atoms with Gasteiger partial charge in [-0.3, -0.25) is 4.98 Å². The molecule has 2 heterocycles. The molecule has 0 N–H and O–H groups in total. The molecule has 3 nitrogen and oxygen atoms in total. The van der Waals surface area contributed by atoms with Crippen LogP contribution in [0.15, 0.2) is 72.9 Å². The van der Waals surface area contributed by atoms with Crippen LogP contribution in [0.5, 0.6) is 0 Å². The largest absolute Gasteiger partial charge is 0.255 e. The molecular formula is C19H12ClN3. The van der Waals surface area contributed by atoms with Crippen LogP contribution in [0.3, 0.4) is 0 Å². The van der Waals surface area contributed by atoms with Crippen molar-refractivity contribution in [3.63, 3.8) is 0 Å². The molecule has 2 aromatic heterocycles. The highest BCUT2D eigenvalue weighted by molar-refractivity contribution is 6.31. The Morgan fingerprint density at radius 3 is 2.39 bits per heavy atom. The summed E-state index contributed by atoms with van der Waals surface area (Å²) in [5.74, 6) is 0. The highest BCUT2D eigenvalue weighted by Gasteiger charge is 2.15. The van der Waals surface area contributed by atoms with Crippen LogP contribution in [0.1, 0.15) is 0 Å². The molecule has 2 aromatic carbocycles. The first-order valence-corrected chi connectivity index (χ1v) is 7.63. The van der Waals surface area contributed by atoms with Gasteiger partial charge in [-0.25, -0.2) is 0 Å². The van der Waals surface area contributed by atoms with Crippen molar-refractivity contribution >= 4 is 22.5 Å². The van der Waals surface area contributed by atoms with Gasteiger partial charge in [0.25, 0.3) is 0 Å². The van der Waals surface area contributed by atoms with Gasteiger partial charge < -0.3 is 0 Å². The predicted molar refractivity (Wildman–Crippen MR) is 93.2 cm³/mol. The van der Waals surface area contributed by atoms with Crippen molar-refractivity contribution in [2.75, 3.05) is 0 Å². The Balaban J connectivity index is 2.11. The molecule has 0 spiro atoms. The van der Waals surface area contributed by atoms with Crippen LogP contribution in [0.2, 0.25) is 5.02 Å². The second kappa shape index (κ2) is 5.78. The molecule has 0 bridgehead atoms. The van der Waals surface area contributed by atoms with Crippen LogP contribution in [0.4, 0.5) is 0 Å². The standard InChI is InChI=1S/C19H12ClN3/c20-14-9-10-16-15(12-14)18(13-6-2-1-3-7-13)19(23-22-16)17-8-4-5-11-21-17/h1-12H. The Bertz CT molecular complexity index is 970. The SMILES string of the molecule is Clc1ccc2nnc(-c3ccccn3)c(-c3ccccc3)c2c1. The van der Waals surface area contributed by atoms with Gasteiger partial charge in [0.2, 0.25) is 0 Å². The van der Waals surface area contributed by atoms with E-state index in [9.17, 15) is 0 Å². The van der Waals surface area contributed by atoms with E-state index in [1.807, 2.05) is 54.6 Å². The molecule has 0 saturated heterocycles. The predicted octanol–water partition coefficient (Wildman–Crippen LogP) is 5.01. The lowest BCUT2D eigenvalue weighted by Crippen LogP contribution is -1.96. The quantitative estimate of drug-likeness (QED) is 0.521. The fourth-order valence-corrected chi connectivity index (χ4v) is 2.83. The summed E-state index contributed by atoms with van der Waals surface area (Å²) in [5.41, 5.74) is 4.42. The smallest absolute Gasteiger partial charge is 0.120 e. The first-order valence-electron chi connectivity index (χ1n) is 7.26. The molecule has 0 saturated carbocycles. The van der Waals surface area contributed by atoms with Crippen molar-refractivity contribution in [3.05, 3.63) is 77.9 Å². The summed E-state index contributed by atoms with van der Waals surface area (Å²) in [5, 5.41) is 10.4. The molecule has 0 fully saturated rings. The summed E-state index contributed by atoms with van der Waals surface area (Å²) >= 11 is 6.21. The van der Waals surface area contributed by atoms with E-state index in [0.29, 0.717) is 5.02 Å². The van der Waals surface area contributed by atoms with Crippen molar-refractivity contribution in [3.8, 4) is 22.5 Å². The van der Waals surface area contributed by atoms with Crippen LogP contribution in [-0.2, 0) is 0 Å². The zero-order valence-electron chi connectivity index (χ0n) is 12.1. The van der Waals surface area contributed by atoms with Crippen molar-refractivity contribution in [1.29, 1.82) is 0 Å². The van der Waals surface area contributed by atoms with E-state index in [2.05, 4.69) is 27.3 Å². The summed E-state index contributed by atoms with van der Waals surface area (Å²) in [6.07, 6.45) is 1.76. The number of aromatic nitrogens is 3. The molecule has 0 atom stereocenters. The van der Waals surface area contributed by atoms with Crippen molar-refractivity contribution in [2.45, 2.75) is 0 Å². The number of fused-ring (bicyclic) bond motifs is 1. The molecule has 0 aliphatic heterocycles. The van der Waals surface area contributed by atoms with Crippen molar-refractivity contribution in [1.82, 2.24) is 15.2 Å². The van der Waals surface area contributed by atoms with Crippen molar-refractivity contribution in [2.24, 2.45) is 0 Å². The lowest BCUT2D eigenvalue weighted by molar-refractivity contribution is 1.07. The molecule has 4 rings (SSSR count). The second-order valence-corrected chi connectivity index (χ2v) is 5.60. The Kier molecular flexibility index (Phi) is 3.48. The summed E-state index contributed by atoms with van der Waals surface area (Å²) in [7, 11) is 0. The first kappa shape index (κ1) is 13.9. The van der Waals surface area contributed by atoms with Crippen LogP contribution < -0.4 is 0 Å². The Hall–Kier alpha value is -2.78. The van der Waals surface area contributed by atoms with Gasteiger partial charge in [0.05, 0.1) is 11.2 Å². The number of hydrogen-bond donors (Lipinski definition) is 0. The average Bonchev–Trinajstić information content (AvgIpc) is 2.62. The lowest BCUT2D eigenvalue weighted by Gasteiger charge is -2.11. The second-order valence-electron chi connectivity index (χ2n) is 5.17. The number of hydrogen-bond acceptors (Lipinski definition) is 3. The highest BCUT2D eigenvalue weighted by atomic mass is 35.5. The number of nitrogens with zero attached hydrogens (tertiary/aromatic N) is 3. The summed E-state index contributed by atoms with van der Waals surface area (Å²) in [6, 6.07) is 21.5. The average molecular weight is 318 g/mol. The van der Waals surface area contributed by atoms with Gasteiger partial charge in [0, 0.05) is 22.2 Å². The fourth-order valence-electron chi connectivity index (χ4n) is 2.66. The first-order chi connectivity index (χ1) is 11.3. The molecule has 4 aromatic rings. The molecule has 0 amide bonds. The minimum atomic E-state index is 0.676. The van der Waals surface area contributed by atoms with Crippen LogP contribution in [0.25, 0.3) is 33.4 Å². The fraction of sp³-hybridized carbons (Fsp3) is 0. The minimum Gasteiger partial charge on any atom is -0.255 e. The van der Waals surface area contributed by atoms with E-state index >= 15 is 0 Å². The molecule has 23 heavy (non-hydrogen) atoms. The monoisotopic (exact) mass is 317 g/mol. The normalized spacial score (nSPS) is 10.8. The third-order valence-electron chi connectivity index (χ3n) is 3.69. The van der Waals surface area contributed by atoms with Gasteiger partial charge in [0.15, 0.2) is 0 Å². The molecule has 4 heteroatoms. The number of halogens is 1. The van der Waals surface area contributed by atoms with Crippen LogP contribution in [0, 0.1) is 0 Å². The zero-order valence-corrected chi connectivity index (χ0v) is 12.9. The third kappa shape index (κ3) is 2.56. The zero-order chi connectivity index (χ0) is 15.6. The van der Waals surface area contributed by atoms with Gasteiger partial charge in [-0.1, -0.05) is 48.0 Å². The van der Waals surface area contributed by atoms with E-state index in [0.717, 1.165) is 33.4 Å². The summed E-state index contributed by atoms with van der Waals surface area (Å²) < 4.78 is 0. The number of pyridine rings is 1. The molecule has 0 radical (unpaired) electrons. The minimum absolute atomic E-state index is 0.676. The van der Waals surface area contributed by atoms with E-state index in [1.54, 1.807) is 6.20 Å².